The second-order valence-corrected chi connectivity index (χ2v) is 7.85. The summed E-state index contributed by atoms with van der Waals surface area (Å²) in [7, 11) is 1.97. The first kappa shape index (κ1) is 21.1. The number of aliphatic carboxylic acids is 1. The van der Waals surface area contributed by atoms with Crippen LogP contribution in [0.2, 0.25) is 0 Å². The van der Waals surface area contributed by atoms with Crippen LogP contribution >= 0.6 is 0 Å². The third kappa shape index (κ3) is 5.45. The van der Waals surface area contributed by atoms with Gasteiger partial charge in [0.05, 0.1) is 18.4 Å². The molecule has 158 valence electrons. The van der Waals surface area contributed by atoms with E-state index in [1.807, 2.05) is 17.9 Å². The van der Waals surface area contributed by atoms with Crippen molar-refractivity contribution in [3.63, 3.8) is 0 Å². The van der Waals surface area contributed by atoms with E-state index in [2.05, 4.69) is 16.2 Å². The molecule has 2 aliphatic heterocycles. The maximum atomic E-state index is 10.6. The normalized spacial score (nSPS) is 23.9. The van der Waals surface area contributed by atoms with Crippen LogP contribution in [-0.2, 0) is 27.9 Å². The first-order valence-corrected chi connectivity index (χ1v) is 9.40. The van der Waals surface area contributed by atoms with E-state index in [1.165, 1.54) is 18.4 Å². The van der Waals surface area contributed by atoms with Gasteiger partial charge in [0.2, 0.25) is 0 Å². The second-order valence-electron chi connectivity index (χ2n) is 7.85. The van der Waals surface area contributed by atoms with Gasteiger partial charge in [-0.15, -0.1) is 0 Å². The maximum absolute atomic E-state index is 10.6. The van der Waals surface area contributed by atoms with E-state index in [0.29, 0.717) is 5.92 Å². The molecule has 1 aliphatic carbocycles. The zero-order valence-electron chi connectivity index (χ0n) is 15.8. The van der Waals surface area contributed by atoms with Crippen LogP contribution in [0.1, 0.15) is 24.8 Å². The fourth-order valence-electron chi connectivity index (χ4n) is 3.67. The van der Waals surface area contributed by atoms with Gasteiger partial charge in [-0.25, -0.2) is 4.79 Å². The van der Waals surface area contributed by atoms with Crippen LogP contribution in [0.4, 0.5) is 13.2 Å². The molecular weight excluding hydrogens is 379 g/mol. The largest absolute Gasteiger partial charge is 0.490 e. The Balaban J connectivity index is 0.000000279. The standard InChI is InChI=1S/C16H25N3O2.C2HF3O2/c1-18-7-14(6-17-18)8-19-11-16(12-19)15(4-5-21-16)10-20-9-13-2-3-13;3-2(4,5)1(6)7/h6-7,13,15H,2-5,8-12H2,1H3;(H,6,7). The molecule has 10 heteroatoms. The van der Waals surface area contributed by atoms with E-state index in [9.17, 15) is 13.2 Å². The monoisotopic (exact) mass is 405 g/mol. The molecule has 3 aliphatic rings. The van der Waals surface area contributed by atoms with E-state index in [-0.39, 0.29) is 5.60 Å². The molecule has 3 heterocycles. The molecule has 1 aromatic heterocycles. The van der Waals surface area contributed by atoms with Crippen molar-refractivity contribution in [1.82, 2.24) is 14.7 Å². The molecule has 0 bridgehead atoms. The summed E-state index contributed by atoms with van der Waals surface area (Å²) in [5.41, 5.74) is 1.36. The number of nitrogens with zero attached hydrogens (tertiary/aromatic N) is 3. The first-order valence-electron chi connectivity index (χ1n) is 9.40. The van der Waals surface area contributed by atoms with Gasteiger partial charge in [0.25, 0.3) is 0 Å². The topological polar surface area (TPSA) is 76.8 Å². The van der Waals surface area contributed by atoms with Gasteiger partial charge in [0.15, 0.2) is 0 Å². The third-order valence-electron chi connectivity index (χ3n) is 5.36. The van der Waals surface area contributed by atoms with Crippen molar-refractivity contribution < 1.29 is 32.5 Å². The predicted octanol–water partition coefficient (Wildman–Crippen LogP) is 2.07. The Morgan fingerprint density at radius 3 is 2.57 bits per heavy atom. The van der Waals surface area contributed by atoms with Crippen LogP contribution < -0.4 is 0 Å². The number of alkyl halides is 3. The van der Waals surface area contributed by atoms with Gasteiger partial charge in [0, 0.05) is 57.6 Å². The Morgan fingerprint density at radius 2 is 2.04 bits per heavy atom. The molecule has 0 radical (unpaired) electrons. The number of halogens is 3. The molecule has 2 saturated heterocycles. The lowest BCUT2D eigenvalue weighted by Gasteiger charge is -2.50. The van der Waals surface area contributed by atoms with Crippen molar-refractivity contribution in [1.29, 1.82) is 0 Å². The van der Waals surface area contributed by atoms with Gasteiger partial charge in [-0.1, -0.05) is 0 Å². The lowest BCUT2D eigenvalue weighted by atomic mass is 9.81. The average Bonchev–Trinajstić information content (AvgIpc) is 3.16. The fraction of sp³-hybridized carbons (Fsp3) is 0.778. The van der Waals surface area contributed by atoms with Crippen molar-refractivity contribution in [2.45, 2.75) is 37.6 Å². The van der Waals surface area contributed by atoms with E-state index < -0.39 is 12.1 Å². The number of carbonyl (C=O) groups is 1. The summed E-state index contributed by atoms with van der Waals surface area (Å²) in [4.78, 5) is 11.4. The number of carboxylic acids is 1. The highest BCUT2D eigenvalue weighted by Crippen LogP contribution is 2.41. The molecule has 1 N–H and O–H groups in total. The second kappa shape index (κ2) is 8.38. The van der Waals surface area contributed by atoms with Gasteiger partial charge < -0.3 is 14.6 Å². The van der Waals surface area contributed by atoms with Crippen molar-refractivity contribution in [3.8, 4) is 0 Å². The van der Waals surface area contributed by atoms with E-state index in [1.54, 1.807) is 0 Å². The fourth-order valence-corrected chi connectivity index (χ4v) is 3.67. The minimum atomic E-state index is -5.08. The number of likely N-dealkylation sites (tertiary alicyclic amines) is 1. The van der Waals surface area contributed by atoms with Crippen LogP contribution in [0.25, 0.3) is 0 Å². The highest BCUT2D eigenvalue weighted by Gasteiger charge is 2.52. The van der Waals surface area contributed by atoms with Gasteiger partial charge >= 0.3 is 12.1 Å². The van der Waals surface area contributed by atoms with Gasteiger partial charge in [-0.05, 0) is 25.2 Å². The summed E-state index contributed by atoms with van der Waals surface area (Å²) in [5, 5.41) is 11.4. The van der Waals surface area contributed by atoms with Crippen molar-refractivity contribution >= 4 is 5.97 Å². The Kier molecular flexibility index (Phi) is 6.31. The highest BCUT2D eigenvalue weighted by molar-refractivity contribution is 5.73. The number of aryl methyl sites for hydroxylation is 1. The Labute approximate surface area is 161 Å². The van der Waals surface area contributed by atoms with Crippen LogP contribution in [0, 0.1) is 11.8 Å². The Bertz CT molecular complexity index is 669. The predicted molar refractivity (Wildman–Crippen MR) is 92.5 cm³/mol. The summed E-state index contributed by atoms with van der Waals surface area (Å²) in [6, 6.07) is 0. The van der Waals surface area contributed by atoms with Crippen molar-refractivity contribution in [3.05, 3.63) is 18.0 Å². The Hall–Kier alpha value is -1.65. The summed E-state index contributed by atoms with van der Waals surface area (Å²) >= 11 is 0. The molecular formula is C18H26F3N3O4. The molecule has 28 heavy (non-hydrogen) atoms. The van der Waals surface area contributed by atoms with Crippen LogP contribution in [0.5, 0.6) is 0 Å². The number of rotatable bonds is 6. The zero-order chi connectivity index (χ0) is 20.4. The Morgan fingerprint density at radius 1 is 1.36 bits per heavy atom. The highest BCUT2D eigenvalue weighted by atomic mass is 19.4. The minimum absolute atomic E-state index is 0.0752. The van der Waals surface area contributed by atoms with Crippen LogP contribution in [0.3, 0.4) is 0 Å². The smallest absolute Gasteiger partial charge is 0.475 e. The van der Waals surface area contributed by atoms with Crippen molar-refractivity contribution in [2.24, 2.45) is 18.9 Å². The molecule has 1 atom stereocenters. The minimum Gasteiger partial charge on any atom is -0.475 e. The van der Waals surface area contributed by atoms with Gasteiger partial charge in [0.1, 0.15) is 0 Å². The summed E-state index contributed by atoms with van der Waals surface area (Å²) in [5.74, 6) is -1.32. The molecule has 4 rings (SSSR count). The van der Waals surface area contributed by atoms with Crippen LogP contribution in [-0.4, -0.2) is 70.4 Å². The SMILES string of the molecule is Cn1cc(CN2CC3(C2)OCCC3COCC2CC2)cn1.O=C(O)C(F)(F)F. The third-order valence-corrected chi connectivity index (χ3v) is 5.36. The first-order chi connectivity index (χ1) is 13.2. The van der Waals surface area contributed by atoms with Crippen molar-refractivity contribution in [2.75, 3.05) is 32.9 Å². The quantitative estimate of drug-likeness (QED) is 0.781. The number of hydrogen-bond acceptors (Lipinski definition) is 5. The number of aromatic nitrogens is 2. The van der Waals surface area contributed by atoms with E-state index >= 15 is 0 Å². The van der Waals surface area contributed by atoms with Gasteiger partial charge in [-0.2, -0.15) is 18.3 Å². The van der Waals surface area contributed by atoms with Gasteiger partial charge in [-0.3, -0.25) is 9.58 Å². The molecule has 7 nitrogen and oxygen atoms in total. The average molecular weight is 405 g/mol. The zero-order valence-corrected chi connectivity index (χ0v) is 15.8. The number of carboxylic acid groups (broad SMARTS) is 1. The molecule has 1 unspecified atom stereocenters. The summed E-state index contributed by atoms with van der Waals surface area (Å²) in [6.45, 7) is 5.81. The molecule has 0 amide bonds. The summed E-state index contributed by atoms with van der Waals surface area (Å²) < 4.78 is 45.6. The van der Waals surface area contributed by atoms with E-state index in [0.717, 1.165) is 51.8 Å². The number of hydrogen-bond donors (Lipinski definition) is 1. The number of ether oxygens (including phenoxy) is 2. The molecule has 1 aromatic rings. The summed E-state index contributed by atoms with van der Waals surface area (Å²) in [6.07, 6.45) is 2.86. The maximum Gasteiger partial charge on any atom is 0.490 e. The molecule has 0 aromatic carbocycles. The van der Waals surface area contributed by atoms with Crippen LogP contribution in [0.15, 0.2) is 12.4 Å². The molecule has 1 saturated carbocycles. The molecule has 3 fully saturated rings. The van der Waals surface area contributed by atoms with E-state index in [4.69, 9.17) is 19.4 Å². The molecule has 1 spiro atoms. The lowest BCUT2D eigenvalue weighted by Crippen LogP contribution is -2.64. The lowest BCUT2D eigenvalue weighted by molar-refractivity contribution is -0.192.